The molecule has 2 rings (SSSR count). The summed E-state index contributed by atoms with van der Waals surface area (Å²) >= 11 is 5.64. The fourth-order valence-corrected chi connectivity index (χ4v) is 2.03. The first-order valence-corrected chi connectivity index (χ1v) is 6.74. The van der Waals surface area contributed by atoms with Crippen molar-refractivity contribution in [2.24, 2.45) is 0 Å². The summed E-state index contributed by atoms with van der Waals surface area (Å²) in [6, 6.07) is 8.50. The minimum absolute atomic E-state index is 0.234. The normalized spacial score (nSPS) is 10.2. The van der Waals surface area contributed by atoms with Crippen LogP contribution in [-0.4, -0.2) is 23.3 Å². The maximum absolute atomic E-state index is 12.1. The van der Waals surface area contributed by atoms with E-state index in [-0.39, 0.29) is 23.1 Å². The Kier molecular flexibility index (Phi) is 4.70. The van der Waals surface area contributed by atoms with Gasteiger partial charge in [0.05, 0.1) is 5.56 Å². The van der Waals surface area contributed by atoms with Gasteiger partial charge in [-0.05, 0) is 31.5 Å². The summed E-state index contributed by atoms with van der Waals surface area (Å²) in [4.78, 5) is 27.6. The van der Waals surface area contributed by atoms with Crippen LogP contribution in [0.25, 0.3) is 0 Å². The van der Waals surface area contributed by atoms with Crippen LogP contribution in [0.1, 0.15) is 31.8 Å². The topological polar surface area (TPSA) is 56.3 Å². The van der Waals surface area contributed by atoms with Crippen molar-refractivity contribution in [1.29, 1.82) is 0 Å². The molecule has 1 aromatic carbocycles. The van der Waals surface area contributed by atoms with E-state index in [2.05, 4.69) is 4.98 Å². The molecule has 2 aromatic rings. The highest BCUT2D eigenvalue weighted by Gasteiger charge is 2.13. The molecular weight excluding hydrogens is 290 g/mol. The van der Waals surface area contributed by atoms with Crippen molar-refractivity contribution >= 4 is 23.4 Å². The average Bonchev–Trinajstić information content (AvgIpc) is 2.45. The number of Topliss-reactive ketones (excluding diaryl/α,β-unsaturated/α-hetero) is 1. The maximum atomic E-state index is 12.1. The number of halogens is 1. The number of ketones is 1. The molecule has 0 unspecified atom stereocenters. The van der Waals surface area contributed by atoms with Gasteiger partial charge in [-0.2, -0.15) is 0 Å². The number of carbonyl (C=O) groups is 2. The van der Waals surface area contributed by atoms with Crippen LogP contribution in [0.15, 0.2) is 36.5 Å². The van der Waals surface area contributed by atoms with Gasteiger partial charge in [-0.15, -0.1) is 0 Å². The minimum Gasteiger partial charge on any atom is -0.454 e. The third-order valence-corrected chi connectivity index (χ3v) is 3.20. The van der Waals surface area contributed by atoms with Crippen molar-refractivity contribution in [1.82, 2.24) is 4.98 Å². The van der Waals surface area contributed by atoms with Gasteiger partial charge < -0.3 is 4.74 Å². The van der Waals surface area contributed by atoms with E-state index in [1.165, 1.54) is 18.3 Å². The zero-order valence-corrected chi connectivity index (χ0v) is 12.5. The first kappa shape index (κ1) is 15.2. The molecule has 0 amide bonds. The number of nitrogens with zero attached hydrogens (tertiary/aromatic N) is 1. The molecule has 0 fully saturated rings. The summed E-state index contributed by atoms with van der Waals surface area (Å²) in [5.74, 6) is -0.833. The lowest BCUT2D eigenvalue weighted by molar-refractivity contribution is 0.0474. The smallest absolute Gasteiger partial charge is 0.340 e. The van der Waals surface area contributed by atoms with Gasteiger partial charge in [0.25, 0.3) is 0 Å². The molecule has 0 saturated carbocycles. The lowest BCUT2D eigenvalue weighted by Crippen LogP contribution is -2.15. The summed E-state index contributed by atoms with van der Waals surface area (Å²) < 4.78 is 5.00. The van der Waals surface area contributed by atoms with E-state index < -0.39 is 5.97 Å². The fourth-order valence-electron chi connectivity index (χ4n) is 1.92. The fraction of sp³-hybridized carbons (Fsp3) is 0.188. The highest BCUT2D eigenvalue weighted by Crippen LogP contribution is 2.12. The third-order valence-electron chi connectivity index (χ3n) is 2.98. The number of aryl methyl sites for hydroxylation is 2. The van der Waals surface area contributed by atoms with Crippen LogP contribution in [0.5, 0.6) is 0 Å². The molecule has 108 valence electrons. The van der Waals surface area contributed by atoms with E-state index in [9.17, 15) is 9.59 Å². The van der Waals surface area contributed by atoms with Gasteiger partial charge in [0.2, 0.25) is 5.78 Å². The van der Waals surface area contributed by atoms with Gasteiger partial charge in [-0.25, -0.2) is 9.78 Å². The summed E-state index contributed by atoms with van der Waals surface area (Å²) in [6.07, 6.45) is 1.31. The van der Waals surface area contributed by atoms with Gasteiger partial charge in [-0.1, -0.05) is 35.4 Å². The van der Waals surface area contributed by atoms with E-state index in [0.717, 1.165) is 11.1 Å². The van der Waals surface area contributed by atoms with Crippen LogP contribution in [0.3, 0.4) is 0 Å². The van der Waals surface area contributed by atoms with Crippen molar-refractivity contribution in [2.75, 3.05) is 6.61 Å². The zero-order chi connectivity index (χ0) is 15.4. The Morgan fingerprint density at radius 3 is 2.57 bits per heavy atom. The van der Waals surface area contributed by atoms with Crippen LogP contribution < -0.4 is 0 Å². The van der Waals surface area contributed by atoms with Crippen molar-refractivity contribution < 1.29 is 14.3 Å². The number of rotatable bonds is 4. The molecule has 0 bridgehead atoms. The molecule has 4 nitrogen and oxygen atoms in total. The number of carbonyl (C=O) groups excluding carboxylic acids is 2. The number of hydrogen-bond donors (Lipinski definition) is 0. The Bertz CT molecular complexity index is 680. The van der Waals surface area contributed by atoms with E-state index in [1.807, 2.05) is 26.0 Å². The summed E-state index contributed by atoms with van der Waals surface area (Å²) in [6.45, 7) is 3.51. The molecule has 1 aromatic heterocycles. The number of aromatic nitrogens is 1. The van der Waals surface area contributed by atoms with Gasteiger partial charge in [-0.3, -0.25) is 4.79 Å². The second-order valence-electron chi connectivity index (χ2n) is 4.69. The molecule has 0 saturated heterocycles. The molecule has 0 atom stereocenters. The van der Waals surface area contributed by atoms with Crippen LogP contribution in [0.2, 0.25) is 5.15 Å². The minimum atomic E-state index is -0.600. The molecule has 21 heavy (non-hydrogen) atoms. The average molecular weight is 304 g/mol. The lowest BCUT2D eigenvalue weighted by atomic mass is 10.0. The summed E-state index contributed by atoms with van der Waals surface area (Å²) in [5.41, 5.74) is 2.76. The number of esters is 1. The van der Waals surface area contributed by atoms with Gasteiger partial charge in [0, 0.05) is 11.8 Å². The zero-order valence-electron chi connectivity index (χ0n) is 11.7. The van der Waals surface area contributed by atoms with E-state index in [1.54, 1.807) is 6.07 Å². The molecule has 0 spiro atoms. The number of pyridine rings is 1. The van der Waals surface area contributed by atoms with E-state index in [4.69, 9.17) is 16.3 Å². The molecule has 1 heterocycles. The highest BCUT2D eigenvalue weighted by molar-refractivity contribution is 6.29. The number of ether oxygens (including phenoxy) is 1. The Hall–Kier alpha value is -2.20. The Morgan fingerprint density at radius 2 is 1.95 bits per heavy atom. The van der Waals surface area contributed by atoms with Crippen LogP contribution in [-0.2, 0) is 4.74 Å². The predicted octanol–water partition coefficient (Wildman–Crippen LogP) is 3.39. The van der Waals surface area contributed by atoms with Crippen molar-refractivity contribution in [3.63, 3.8) is 0 Å². The predicted molar refractivity (Wildman–Crippen MR) is 79.8 cm³/mol. The largest absolute Gasteiger partial charge is 0.454 e. The van der Waals surface area contributed by atoms with Gasteiger partial charge >= 0.3 is 5.97 Å². The first-order chi connectivity index (χ1) is 9.97. The first-order valence-electron chi connectivity index (χ1n) is 6.36. The molecule has 0 aliphatic heterocycles. The summed E-state index contributed by atoms with van der Waals surface area (Å²) in [7, 11) is 0. The van der Waals surface area contributed by atoms with Crippen molar-refractivity contribution in [3.8, 4) is 0 Å². The summed E-state index contributed by atoms with van der Waals surface area (Å²) in [5, 5.41) is 0.290. The standard InChI is InChI=1S/C16H14ClNO3/c1-10-3-5-13(11(2)7-10)14(19)9-21-16(20)12-4-6-15(17)18-8-12/h3-8H,9H2,1-2H3. The van der Waals surface area contributed by atoms with E-state index >= 15 is 0 Å². The molecular formula is C16H14ClNO3. The Labute approximate surface area is 127 Å². The lowest BCUT2D eigenvalue weighted by Gasteiger charge is -2.07. The second-order valence-corrected chi connectivity index (χ2v) is 5.07. The SMILES string of the molecule is Cc1ccc(C(=O)COC(=O)c2ccc(Cl)nc2)c(C)c1. The van der Waals surface area contributed by atoms with Crippen LogP contribution >= 0.6 is 11.6 Å². The maximum Gasteiger partial charge on any atom is 0.340 e. The number of benzene rings is 1. The van der Waals surface area contributed by atoms with E-state index in [0.29, 0.717) is 5.56 Å². The highest BCUT2D eigenvalue weighted by atomic mass is 35.5. The Balaban J connectivity index is 2.00. The van der Waals surface area contributed by atoms with Gasteiger partial charge in [0.1, 0.15) is 5.15 Å². The van der Waals surface area contributed by atoms with Crippen LogP contribution in [0.4, 0.5) is 0 Å². The molecule has 0 aliphatic carbocycles. The molecule has 0 radical (unpaired) electrons. The Morgan fingerprint density at radius 1 is 1.19 bits per heavy atom. The number of hydrogen-bond acceptors (Lipinski definition) is 4. The van der Waals surface area contributed by atoms with Crippen molar-refractivity contribution in [2.45, 2.75) is 13.8 Å². The monoisotopic (exact) mass is 303 g/mol. The third kappa shape index (κ3) is 3.89. The van der Waals surface area contributed by atoms with Gasteiger partial charge in [0.15, 0.2) is 6.61 Å². The quantitative estimate of drug-likeness (QED) is 0.493. The molecule has 0 N–H and O–H groups in total. The molecule has 0 aliphatic rings. The van der Waals surface area contributed by atoms with Crippen LogP contribution in [0, 0.1) is 13.8 Å². The molecule has 5 heteroatoms. The second kappa shape index (κ2) is 6.50. The van der Waals surface area contributed by atoms with Crippen molar-refractivity contribution in [3.05, 3.63) is 63.9 Å².